The molecule has 2 rings (SSSR count). The predicted molar refractivity (Wildman–Crippen MR) is 79.2 cm³/mol. The van der Waals surface area contributed by atoms with Gasteiger partial charge in [-0.15, -0.1) is 0 Å². The van der Waals surface area contributed by atoms with Crippen LogP contribution in [-0.4, -0.2) is 28.6 Å². The summed E-state index contributed by atoms with van der Waals surface area (Å²) < 4.78 is 0. The van der Waals surface area contributed by atoms with E-state index in [1.807, 2.05) is 12.4 Å². The minimum atomic E-state index is 0.476. The number of aromatic nitrogens is 2. The molecule has 0 saturated carbocycles. The Morgan fingerprint density at radius 3 is 2.68 bits per heavy atom. The number of nitrogens with one attached hydrogen (secondary N) is 1. The molecule has 0 spiro atoms. The van der Waals surface area contributed by atoms with Crippen LogP contribution in [-0.2, 0) is 6.54 Å². The molecule has 2 atom stereocenters. The van der Waals surface area contributed by atoms with Crippen LogP contribution < -0.4 is 10.2 Å². The van der Waals surface area contributed by atoms with Crippen molar-refractivity contribution in [2.24, 2.45) is 5.92 Å². The van der Waals surface area contributed by atoms with E-state index >= 15 is 0 Å². The van der Waals surface area contributed by atoms with Gasteiger partial charge in [0, 0.05) is 25.2 Å². The van der Waals surface area contributed by atoms with Gasteiger partial charge < -0.3 is 10.2 Å². The molecule has 0 aliphatic carbocycles. The predicted octanol–water partition coefficient (Wildman–Crippen LogP) is 2.60. The lowest BCUT2D eigenvalue weighted by Crippen LogP contribution is -2.41. The SMILES string of the molecule is CC1CCC(C)N(c2cnc(CNC(C)C)cn2)C1. The fraction of sp³-hybridized carbons (Fsp3) is 0.733. The largest absolute Gasteiger partial charge is 0.352 e. The van der Waals surface area contributed by atoms with E-state index in [-0.39, 0.29) is 0 Å². The van der Waals surface area contributed by atoms with Crippen molar-refractivity contribution in [3.63, 3.8) is 0 Å². The minimum Gasteiger partial charge on any atom is -0.352 e. The first-order chi connectivity index (χ1) is 9.06. The van der Waals surface area contributed by atoms with Crippen LogP contribution in [0.1, 0.15) is 46.2 Å². The van der Waals surface area contributed by atoms with Gasteiger partial charge in [0.15, 0.2) is 0 Å². The van der Waals surface area contributed by atoms with Crippen molar-refractivity contribution in [1.82, 2.24) is 15.3 Å². The molecule has 1 aliphatic rings. The average molecular weight is 262 g/mol. The Hall–Kier alpha value is -1.16. The first-order valence-electron chi connectivity index (χ1n) is 7.37. The lowest BCUT2D eigenvalue weighted by molar-refractivity contribution is 0.387. The van der Waals surface area contributed by atoms with Gasteiger partial charge in [-0.2, -0.15) is 0 Å². The number of rotatable bonds is 4. The molecule has 4 nitrogen and oxygen atoms in total. The van der Waals surface area contributed by atoms with Crippen molar-refractivity contribution in [2.75, 3.05) is 11.4 Å². The summed E-state index contributed by atoms with van der Waals surface area (Å²) in [6.45, 7) is 10.8. The van der Waals surface area contributed by atoms with Crippen molar-refractivity contribution in [2.45, 2.75) is 59.2 Å². The van der Waals surface area contributed by atoms with Crippen molar-refractivity contribution in [1.29, 1.82) is 0 Å². The summed E-state index contributed by atoms with van der Waals surface area (Å²) in [7, 11) is 0. The number of hydrogen-bond donors (Lipinski definition) is 1. The van der Waals surface area contributed by atoms with Crippen LogP contribution in [0.25, 0.3) is 0 Å². The molecule has 1 fully saturated rings. The maximum Gasteiger partial charge on any atom is 0.147 e. The van der Waals surface area contributed by atoms with Gasteiger partial charge in [-0.1, -0.05) is 20.8 Å². The molecular weight excluding hydrogens is 236 g/mol. The fourth-order valence-electron chi connectivity index (χ4n) is 2.50. The topological polar surface area (TPSA) is 41.1 Å². The Morgan fingerprint density at radius 2 is 2.05 bits per heavy atom. The molecule has 106 valence electrons. The maximum atomic E-state index is 4.59. The third kappa shape index (κ3) is 3.90. The van der Waals surface area contributed by atoms with Crippen molar-refractivity contribution in [3.8, 4) is 0 Å². The Labute approximate surface area is 116 Å². The van der Waals surface area contributed by atoms with Crippen LogP contribution >= 0.6 is 0 Å². The molecule has 0 radical (unpaired) electrons. The summed E-state index contributed by atoms with van der Waals surface area (Å²) in [4.78, 5) is 11.5. The first-order valence-corrected chi connectivity index (χ1v) is 7.37. The van der Waals surface area contributed by atoms with Gasteiger partial charge in [-0.05, 0) is 25.7 Å². The quantitative estimate of drug-likeness (QED) is 0.905. The minimum absolute atomic E-state index is 0.476. The molecule has 0 bridgehead atoms. The van der Waals surface area contributed by atoms with Crippen molar-refractivity contribution >= 4 is 5.82 Å². The fourth-order valence-corrected chi connectivity index (χ4v) is 2.50. The molecule has 1 aromatic rings. The van der Waals surface area contributed by atoms with Crippen LogP contribution in [0.15, 0.2) is 12.4 Å². The summed E-state index contributed by atoms with van der Waals surface area (Å²) in [5.41, 5.74) is 1.01. The molecule has 0 amide bonds. The number of hydrogen-bond acceptors (Lipinski definition) is 4. The number of anilines is 1. The Morgan fingerprint density at radius 1 is 1.26 bits per heavy atom. The molecule has 4 heteroatoms. The maximum absolute atomic E-state index is 4.59. The van der Waals surface area contributed by atoms with Gasteiger partial charge in [0.25, 0.3) is 0 Å². The van der Waals surface area contributed by atoms with Crippen LogP contribution in [0.3, 0.4) is 0 Å². The van der Waals surface area contributed by atoms with E-state index < -0.39 is 0 Å². The molecule has 19 heavy (non-hydrogen) atoms. The summed E-state index contributed by atoms with van der Waals surface area (Å²) in [5, 5.41) is 3.36. The third-order valence-electron chi connectivity index (χ3n) is 3.80. The standard InChI is InChI=1S/C15H26N4/c1-11(2)16-7-14-8-18-15(9-17-14)19-10-12(3)5-6-13(19)4/h8-9,11-13,16H,5-7,10H2,1-4H3. The molecular formula is C15H26N4. The van der Waals surface area contributed by atoms with E-state index in [2.05, 4.69) is 47.9 Å². The lowest BCUT2D eigenvalue weighted by atomic mass is 9.95. The highest BCUT2D eigenvalue weighted by Gasteiger charge is 2.23. The second-order valence-electron chi connectivity index (χ2n) is 6.09. The highest BCUT2D eigenvalue weighted by atomic mass is 15.2. The van der Waals surface area contributed by atoms with Crippen molar-refractivity contribution < 1.29 is 0 Å². The van der Waals surface area contributed by atoms with Gasteiger partial charge in [0.1, 0.15) is 5.82 Å². The summed E-state index contributed by atoms with van der Waals surface area (Å²) in [5.74, 6) is 1.77. The second-order valence-corrected chi connectivity index (χ2v) is 6.09. The molecule has 1 saturated heterocycles. The average Bonchev–Trinajstić information content (AvgIpc) is 2.40. The van der Waals surface area contributed by atoms with Crippen molar-refractivity contribution in [3.05, 3.63) is 18.1 Å². The molecule has 1 N–H and O–H groups in total. The molecule has 1 aliphatic heterocycles. The second kappa shape index (κ2) is 6.33. The molecule has 1 aromatic heterocycles. The number of piperidine rings is 1. The lowest BCUT2D eigenvalue weighted by Gasteiger charge is -2.37. The highest BCUT2D eigenvalue weighted by molar-refractivity contribution is 5.38. The Balaban J connectivity index is 2.00. The molecule has 2 heterocycles. The zero-order valence-corrected chi connectivity index (χ0v) is 12.6. The van der Waals surface area contributed by atoms with Gasteiger partial charge in [0.05, 0.1) is 18.1 Å². The van der Waals surface area contributed by atoms with E-state index in [9.17, 15) is 0 Å². The van der Waals surface area contributed by atoms with Crippen LogP contribution in [0.2, 0.25) is 0 Å². The normalized spacial score (nSPS) is 23.9. The number of nitrogens with zero attached hydrogens (tertiary/aromatic N) is 3. The smallest absolute Gasteiger partial charge is 0.147 e. The third-order valence-corrected chi connectivity index (χ3v) is 3.80. The molecule has 2 unspecified atom stereocenters. The Kier molecular flexibility index (Phi) is 4.75. The van der Waals surface area contributed by atoms with Gasteiger partial charge >= 0.3 is 0 Å². The van der Waals surface area contributed by atoms with Crippen LogP contribution in [0, 0.1) is 5.92 Å². The van der Waals surface area contributed by atoms with E-state index in [1.54, 1.807) is 0 Å². The van der Waals surface area contributed by atoms with Gasteiger partial charge in [-0.25, -0.2) is 4.98 Å². The van der Waals surface area contributed by atoms with Gasteiger partial charge in [-0.3, -0.25) is 4.98 Å². The highest BCUT2D eigenvalue weighted by Crippen LogP contribution is 2.25. The summed E-state index contributed by atoms with van der Waals surface area (Å²) >= 11 is 0. The van der Waals surface area contributed by atoms with E-state index in [0.29, 0.717) is 12.1 Å². The van der Waals surface area contributed by atoms with Crippen LogP contribution in [0.5, 0.6) is 0 Å². The monoisotopic (exact) mass is 262 g/mol. The van der Waals surface area contributed by atoms with Crippen LogP contribution in [0.4, 0.5) is 5.82 Å². The zero-order chi connectivity index (χ0) is 13.8. The molecule has 0 aromatic carbocycles. The zero-order valence-electron chi connectivity index (χ0n) is 12.6. The summed E-state index contributed by atoms with van der Waals surface area (Å²) in [6, 6.07) is 1.05. The summed E-state index contributed by atoms with van der Waals surface area (Å²) in [6.07, 6.45) is 6.39. The first kappa shape index (κ1) is 14.3. The van der Waals surface area contributed by atoms with E-state index in [4.69, 9.17) is 0 Å². The Bertz CT molecular complexity index is 388. The van der Waals surface area contributed by atoms with E-state index in [0.717, 1.165) is 30.5 Å². The van der Waals surface area contributed by atoms with Gasteiger partial charge in [0.2, 0.25) is 0 Å². The van der Waals surface area contributed by atoms with E-state index in [1.165, 1.54) is 12.8 Å².